The van der Waals surface area contributed by atoms with E-state index >= 15 is 0 Å². The van der Waals surface area contributed by atoms with Crippen LogP contribution in [0.3, 0.4) is 0 Å². The molecule has 0 bridgehead atoms. The number of nitrogens with one attached hydrogen (secondary N) is 2. The van der Waals surface area contributed by atoms with Gasteiger partial charge in [-0.15, -0.1) is 0 Å². The molecule has 2 amide bonds. The number of carbonyl (C=O) groups is 4. The normalized spacial score (nSPS) is 25.3. The molecule has 2 heterocycles. The number of carbonyl (C=O) groups excluding carboxylic acids is 2. The summed E-state index contributed by atoms with van der Waals surface area (Å²) in [4.78, 5) is 43.6. The molecule has 2 fully saturated rings. The lowest BCUT2D eigenvalue weighted by molar-refractivity contribution is -0.169. The molecule has 12 heteroatoms. The highest BCUT2D eigenvalue weighted by Gasteiger charge is 2.40. The Labute approximate surface area is 174 Å². The molecular formula is C18H30N2O10. The Balaban J connectivity index is 0.000000300. The van der Waals surface area contributed by atoms with Crippen LogP contribution in [0.5, 0.6) is 0 Å². The minimum absolute atomic E-state index is 0.205. The molecule has 4 N–H and O–H groups in total. The van der Waals surface area contributed by atoms with E-state index in [9.17, 15) is 19.2 Å². The molecule has 12 nitrogen and oxygen atoms in total. The topological polar surface area (TPSA) is 170 Å². The van der Waals surface area contributed by atoms with Crippen LogP contribution in [0.2, 0.25) is 0 Å². The third-order valence-electron chi connectivity index (χ3n) is 3.53. The average Bonchev–Trinajstić information content (AvgIpc) is 2.44. The van der Waals surface area contributed by atoms with E-state index in [1.54, 1.807) is 41.5 Å². The molecule has 0 radical (unpaired) electrons. The summed E-state index contributed by atoms with van der Waals surface area (Å²) in [6.45, 7) is 10.8. The lowest BCUT2D eigenvalue weighted by Gasteiger charge is -2.34. The van der Waals surface area contributed by atoms with Crippen LogP contribution in [0.15, 0.2) is 0 Å². The van der Waals surface area contributed by atoms with Crippen molar-refractivity contribution in [1.82, 2.24) is 10.6 Å². The van der Waals surface area contributed by atoms with Crippen molar-refractivity contribution < 1.29 is 48.3 Å². The van der Waals surface area contributed by atoms with Crippen molar-refractivity contribution >= 4 is 24.1 Å². The highest BCUT2D eigenvalue weighted by Crippen LogP contribution is 2.15. The van der Waals surface area contributed by atoms with Gasteiger partial charge in [-0.05, 0) is 41.5 Å². The minimum Gasteiger partial charge on any atom is -0.479 e. The van der Waals surface area contributed by atoms with Crippen molar-refractivity contribution in [1.29, 1.82) is 0 Å². The van der Waals surface area contributed by atoms with Crippen LogP contribution < -0.4 is 10.6 Å². The minimum atomic E-state index is -1.08. The molecule has 2 aliphatic heterocycles. The standard InChI is InChI=1S/2C9H15NO5/c2*1-9(2,3)15-8(13)10-5-4-14-6(5)7(11)12/h2*5-6H,4H2,1-3H3,(H,10,13)(H,11,12)/t2*5-,6-/m10/s1. The molecule has 0 aromatic heterocycles. The number of ether oxygens (including phenoxy) is 4. The van der Waals surface area contributed by atoms with Gasteiger partial charge in [-0.2, -0.15) is 0 Å². The van der Waals surface area contributed by atoms with Crippen molar-refractivity contribution in [3.05, 3.63) is 0 Å². The number of carboxylic acids is 2. The van der Waals surface area contributed by atoms with E-state index in [-0.39, 0.29) is 13.2 Å². The van der Waals surface area contributed by atoms with Crippen LogP contribution in [0.25, 0.3) is 0 Å². The van der Waals surface area contributed by atoms with E-state index in [0.29, 0.717) is 0 Å². The van der Waals surface area contributed by atoms with E-state index < -0.39 is 59.6 Å². The quantitative estimate of drug-likeness (QED) is 0.494. The first-order valence-corrected chi connectivity index (χ1v) is 9.27. The fraction of sp³-hybridized carbons (Fsp3) is 0.778. The Kier molecular flexibility index (Phi) is 8.43. The van der Waals surface area contributed by atoms with Gasteiger partial charge in [0.15, 0.2) is 12.2 Å². The summed E-state index contributed by atoms with van der Waals surface area (Å²) >= 11 is 0. The van der Waals surface area contributed by atoms with Crippen molar-refractivity contribution in [3.8, 4) is 0 Å². The molecule has 0 spiro atoms. The van der Waals surface area contributed by atoms with Gasteiger partial charge in [0.1, 0.15) is 11.2 Å². The second-order valence-corrected chi connectivity index (χ2v) is 8.69. The summed E-state index contributed by atoms with van der Waals surface area (Å²) in [6, 6.07) is -1.00. The maximum absolute atomic E-state index is 11.2. The Hall–Kier alpha value is -2.60. The molecular weight excluding hydrogens is 404 g/mol. The van der Waals surface area contributed by atoms with E-state index in [1.165, 1.54) is 0 Å². The van der Waals surface area contributed by atoms with Gasteiger partial charge < -0.3 is 39.8 Å². The molecule has 2 saturated heterocycles. The first-order valence-electron chi connectivity index (χ1n) is 9.27. The summed E-state index contributed by atoms with van der Waals surface area (Å²) in [5.41, 5.74) is -1.18. The van der Waals surface area contributed by atoms with Crippen LogP contribution in [-0.4, -0.2) is 83.0 Å². The van der Waals surface area contributed by atoms with Gasteiger partial charge in [-0.25, -0.2) is 19.2 Å². The van der Waals surface area contributed by atoms with Gasteiger partial charge in [-0.3, -0.25) is 0 Å². The summed E-state index contributed by atoms with van der Waals surface area (Å²) in [7, 11) is 0. The number of hydrogen-bond acceptors (Lipinski definition) is 8. The predicted octanol–water partition coefficient (Wildman–Crippen LogP) is 0.726. The first kappa shape index (κ1) is 25.4. The second kappa shape index (κ2) is 9.94. The number of aliphatic carboxylic acids is 2. The van der Waals surface area contributed by atoms with Gasteiger partial charge in [0.05, 0.1) is 25.3 Å². The Bertz CT molecular complexity index is 596. The number of rotatable bonds is 4. The lowest BCUT2D eigenvalue weighted by Crippen LogP contribution is -2.59. The summed E-state index contributed by atoms with van der Waals surface area (Å²) in [5, 5.41) is 22.1. The van der Waals surface area contributed by atoms with E-state index in [2.05, 4.69) is 10.6 Å². The third-order valence-corrected chi connectivity index (χ3v) is 3.53. The van der Waals surface area contributed by atoms with E-state index in [1.807, 2.05) is 0 Å². The monoisotopic (exact) mass is 434 g/mol. The van der Waals surface area contributed by atoms with Crippen molar-refractivity contribution in [2.75, 3.05) is 13.2 Å². The highest BCUT2D eigenvalue weighted by molar-refractivity contribution is 5.77. The zero-order chi connectivity index (χ0) is 23.3. The molecule has 0 aliphatic carbocycles. The summed E-state index contributed by atoms with van der Waals surface area (Å²) < 4.78 is 19.5. The van der Waals surface area contributed by atoms with E-state index in [4.69, 9.17) is 29.2 Å². The maximum Gasteiger partial charge on any atom is 0.408 e. The van der Waals surface area contributed by atoms with Crippen LogP contribution in [-0.2, 0) is 28.5 Å². The SMILES string of the molecule is CC(C)(C)OC(=O)N[C@@H]1CO[C@H]1C(=O)O.CC(C)(C)OC(=O)N[C@H]1CO[C@@H]1C(=O)O. The number of alkyl carbamates (subject to hydrolysis) is 2. The molecule has 4 atom stereocenters. The fourth-order valence-corrected chi connectivity index (χ4v) is 2.22. The molecule has 2 rings (SSSR count). The van der Waals surface area contributed by atoms with Gasteiger partial charge in [0.25, 0.3) is 0 Å². The van der Waals surface area contributed by atoms with Crippen LogP contribution >= 0.6 is 0 Å². The molecule has 0 aromatic carbocycles. The average molecular weight is 434 g/mol. The maximum atomic E-state index is 11.2. The second-order valence-electron chi connectivity index (χ2n) is 8.69. The zero-order valence-corrected chi connectivity index (χ0v) is 17.9. The lowest BCUT2D eigenvalue weighted by atomic mass is 10.1. The molecule has 0 unspecified atom stereocenters. The third kappa shape index (κ3) is 8.82. The van der Waals surface area contributed by atoms with Crippen LogP contribution in [0, 0.1) is 0 Å². The van der Waals surface area contributed by atoms with Gasteiger partial charge in [0.2, 0.25) is 0 Å². The van der Waals surface area contributed by atoms with E-state index in [0.717, 1.165) is 0 Å². The number of hydrogen-bond donors (Lipinski definition) is 4. The molecule has 172 valence electrons. The Morgan fingerprint density at radius 2 is 1.03 bits per heavy atom. The van der Waals surface area contributed by atoms with Gasteiger partial charge >= 0.3 is 24.1 Å². The van der Waals surface area contributed by atoms with Crippen molar-refractivity contribution in [2.45, 2.75) is 77.0 Å². The largest absolute Gasteiger partial charge is 0.479 e. The van der Waals surface area contributed by atoms with Crippen LogP contribution in [0.4, 0.5) is 9.59 Å². The Morgan fingerprint density at radius 1 is 0.733 bits per heavy atom. The highest BCUT2D eigenvalue weighted by atomic mass is 16.6. The predicted molar refractivity (Wildman–Crippen MR) is 101 cm³/mol. The number of amides is 2. The van der Waals surface area contributed by atoms with Crippen molar-refractivity contribution in [3.63, 3.8) is 0 Å². The molecule has 2 aliphatic rings. The summed E-state index contributed by atoms with van der Waals surface area (Å²) in [6.07, 6.45) is -3.17. The fourth-order valence-electron chi connectivity index (χ4n) is 2.22. The molecule has 0 aromatic rings. The van der Waals surface area contributed by atoms with Crippen molar-refractivity contribution in [2.24, 2.45) is 0 Å². The molecule has 30 heavy (non-hydrogen) atoms. The molecule has 0 saturated carbocycles. The zero-order valence-electron chi connectivity index (χ0n) is 17.9. The first-order chi connectivity index (χ1) is 13.6. The Morgan fingerprint density at radius 3 is 1.20 bits per heavy atom. The van der Waals surface area contributed by atoms with Gasteiger partial charge in [0, 0.05) is 0 Å². The smallest absolute Gasteiger partial charge is 0.408 e. The van der Waals surface area contributed by atoms with Gasteiger partial charge in [-0.1, -0.05) is 0 Å². The summed E-state index contributed by atoms with van der Waals surface area (Å²) in [5.74, 6) is -2.16. The number of carboxylic acid groups (broad SMARTS) is 2. The van der Waals surface area contributed by atoms with Crippen LogP contribution in [0.1, 0.15) is 41.5 Å².